The molecule has 0 radical (unpaired) electrons. The molecule has 1 amide bonds. The molecule has 6 bridgehead atoms. The van der Waals surface area contributed by atoms with Gasteiger partial charge >= 0.3 is 0 Å². The summed E-state index contributed by atoms with van der Waals surface area (Å²) in [5.74, 6) is 4.09. The molecule has 4 aliphatic rings. The van der Waals surface area contributed by atoms with Gasteiger partial charge in [-0.25, -0.2) is 0 Å². The average Bonchev–Trinajstić information content (AvgIpc) is 3.21. The van der Waals surface area contributed by atoms with Crippen LogP contribution in [0.2, 0.25) is 10.0 Å². The predicted octanol–water partition coefficient (Wildman–Crippen LogP) is 9.72. The maximum absolute atomic E-state index is 13.8. The normalized spacial score (nSPS) is 17.6. The maximum atomic E-state index is 13.8. The summed E-state index contributed by atoms with van der Waals surface area (Å²) in [6.45, 7) is 1.68. The lowest BCUT2D eigenvalue weighted by atomic mass is 9.86. The highest BCUT2D eigenvalue weighted by Crippen LogP contribution is 2.52. The second-order valence-electron chi connectivity index (χ2n) is 14.7. The van der Waals surface area contributed by atoms with Gasteiger partial charge in [-0.3, -0.25) is 14.6 Å². The molecule has 57 heavy (non-hydrogen) atoms. The summed E-state index contributed by atoms with van der Waals surface area (Å²) in [6.07, 6.45) is 2.86. The van der Waals surface area contributed by atoms with Gasteiger partial charge in [0.15, 0.2) is 34.5 Å². The third-order valence-electron chi connectivity index (χ3n) is 11.4. The van der Waals surface area contributed by atoms with E-state index in [0.29, 0.717) is 68.7 Å². The molecule has 9 rings (SSSR count). The molecule has 0 fully saturated rings. The quantitative estimate of drug-likeness (QED) is 0.180. The third kappa shape index (κ3) is 7.43. The molecule has 5 aromatic carbocycles. The summed E-state index contributed by atoms with van der Waals surface area (Å²) in [5, 5.41) is 3.78. The number of ether oxygens (including phenoxy) is 6. The average molecular weight is 811 g/mol. The number of nitrogens with one attached hydrogen (secondary N) is 1. The molecular weight excluding hydrogens is 765 g/mol. The molecule has 4 heterocycles. The Hall–Kier alpha value is -5.13. The van der Waals surface area contributed by atoms with E-state index in [9.17, 15) is 4.79 Å². The van der Waals surface area contributed by atoms with E-state index in [1.807, 2.05) is 24.3 Å². The van der Waals surface area contributed by atoms with Crippen molar-refractivity contribution in [1.29, 1.82) is 0 Å². The van der Waals surface area contributed by atoms with Gasteiger partial charge in [-0.15, -0.1) is 0 Å². The first-order chi connectivity index (χ1) is 27.6. The summed E-state index contributed by atoms with van der Waals surface area (Å²) < 4.78 is 37.6. The lowest BCUT2D eigenvalue weighted by Crippen LogP contribution is -2.34. The van der Waals surface area contributed by atoms with Crippen molar-refractivity contribution in [3.63, 3.8) is 0 Å². The second kappa shape index (κ2) is 16.0. The Kier molecular flexibility index (Phi) is 10.9. The summed E-state index contributed by atoms with van der Waals surface area (Å²) in [4.78, 5) is 18.5. The molecule has 2 atom stereocenters. The van der Waals surface area contributed by atoms with Crippen LogP contribution in [-0.4, -0.2) is 71.3 Å². The van der Waals surface area contributed by atoms with Gasteiger partial charge in [0.25, 0.3) is 5.91 Å². The Labute approximate surface area is 343 Å². The van der Waals surface area contributed by atoms with Crippen LogP contribution in [0.25, 0.3) is 0 Å². The van der Waals surface area contributed by atoms with E-state index in [0.717, 1.165) is 54.6 Å². The number of likely N-dealkylation sites (N-methyl/N-ethyl adjacent to an activating group) is 2. The number of halogens is 2. The van der Waals surface area contributed by atoms with Crippen LogP contribution < -0.4 is 33.7 Å². The third-order valence-corrected chi connectivity index (χ3v) is 12.2. The Morgan fingerprint density at radius 1 is 0.684 bits per heavy atom. The minimum Gasteiger partial charge on any atom is -0.493 e. The second-order valence-corrected chi connectivity index (χ2v) is 15.5. The minimum absolute atomic E-state index is 0.0990. The molecule has 1 N–H and O–H groups in total. The van der Waals surface area contributed by atoms with Gasteiger partial charge in [0.05, 0.1) is 38.5 Å². The van der Waals surface area contributed by atoms with Crippen molar-refractivity contribution >= 4 is 34.8 Å². The SMILES string of the molecule is COc1cc(NC(=O)c2ccc(Cl)c(Cl)c2)c2cc1Oc1ccc(cc1)C[C@H]1c3cc(c(OC)cc3CCN1C)Oc1c(OC)c(OC)cc3c1[C@H](C2)N(C)CC3. The largest absolute Gasteiger partial charge is 0.493 e. The van der Waals surface area contributed by atoms with Crippen LogP contribution in [0, 0.1) is 0 Å². The van der Waals surface area contributed by atoms with Crippen LogP contribution >= 0.6 is 23.2 Å². The summed E-state index contributed by atoms with van der Waals surface area (Å²) in [6, 6.07) is 22.9. The highest BCUT2D eigenvalue weighted by atomic mass is 35.5. The van der Waals surface area contributed by atoms with Crippen LogP contribution in [0.4, 0.5) is 5.69 Å². The fourth-order valence-electron chi connectivity index (χ4n) is 8.29. The van der Waals surface area contributed by atoms with Gasteiger partial charge in [0.1, 0.15) is 5.75 Å². The number of amides is 1. The topological polar surface area (TPSA) is 91.0 Å². The number of carbonyl (C=O) groups is 1. The molecule has 0 aromatic heterocycles. The van der Waals surface area contributed by atoms with Crippen molar-refractivity contribution < 1.29 is 33.2 Å². The van der Waals surface area contributed by atoms with Crippen LogP contribution in [0.1, 0.15) is 55.8 Å². The van der Waals surface area contributed by atoms with Gasteiger partial charge in [0.2, 0.25) is 5.75 Å². The molecule has 0 saturated carbocycles. The zero-order valence-electron chi connectivity index (χ0n) is 32.8. The molecule has 4 aliphatic heterocycles. The summed E-state index contributed by atoms with van der Waals surface area (Å²) >= 11 is 12.5. The lowest BCUT2D eigenvalue weighted by Gasteiger charge is -2.37. The number of rotatable bonds is 6. The summed E-state index contributed by atoms with van der Waals surface area (Å²) in [7, 11) is 10.8. The maximum Gasteiger partial charge on any atom is 0.255 e. The molecule has 10 nitrogen and oxygen atoms in total. The molecule has 12 heteroatoms. The molecule has 296 valence electrons. The highest BCUT2D eigenvalue weighted by Gasteiger charge is 2.35. The first-order valence-electron chi connectivity index (χ1n) is 18.9. The zero-order valence-corrected chi connectivity index (χ0v) is 34.3. The number of fused-ring (bicyclic) bond motifs is 2. The summed E-state index contributed by atoms with van der Waals surface area (Å²) in [5.41, 5.74) is 7.31. The van der Waals surface area contributed by atoms with Crippen LogP contribution in [0.15, 0.2) is 72.8 Å². The van der Waals surface area contributed by atoms with Crippen molar-refractivity contribution in [3.8, 4) is 46.0 Å². The number of methoxy groups -OCH3 is 4. The molecule has 0 saturated heterocycles. The number of hydrogen-bond donors (Lipinski definition) is 1. The highest BCUT2D eigenvalue weighted by molar-refractivity contribution is 6.42. The first-order valence-corrected chi connectivity index (χ1v) is 19.7. The zero-order chi connectivity index (χ0) is 40.0. The fraction of sp³-hybridized carbons (Fsp3) is 0.311. The Bertz CT molecular complexity index is 2350. The number of benzene rings is 5. The van der Waals surface area contributed by atoms with Crippen LogP contribution in [0.5, 0.6) is 46.0 Å². The molecule has 0 unspecified atom stereocenters. The van der Waals surface area contributed by atoms with E-state index < -0.39 is 0 Å². The van der Waals surface area contributed by atoms with E-state index in [1.165, 1.54) is 11.1 Å². The van der Waals surface area contributed by atoms with Crippen LogP contribution in [-0.2, 0) is 25.7 Å². The fourth-order valence-corrected chi connectivity index (χ4v) is 8.59. The smallest absolute Gasteiger partial charge is 0.255 e. The molecular formula is C45H45Cl2N3O7. The van der Waals surface area contributed by atoms with Crippen molar-refractivity contribution in [3.05, 3.63) is 122 Å². The van der Waals surface area contributed by atoms with E-state index in [-0.39, 0.29) is 23.0 Å². The molecule has 5 aromatic rings. The van der Waals surface area contributed by atoms with E-state index >= 15 is 0 Å². The van der Waals surface area contributed by atoms with Gasteiger partial charge in [-0.1, -0.05) is 35.3 Å². The number of nitrogens with zero attached hydrogens (tertiary/aromatic N) is 2. The number of anilines is 1. The molecule has 0 spiro atoms. The Balaban J connectivity index is 1.34. The monoisotopic (exact) mass is 809 g/mol. The van der Waals surface area contributed by atoms with E-state index in [2.05, 4.69) is 53.5 Å². The van der Waals surface area contributed by atoms with Gasteiger partial charge in [-0.2, -0.15) is 0 Å². The standard InChI is InChI=1S/C45H45Cl2N3O7/c1-49-15-13-26-20-37(52-3)40-23-31(26)35(49)17-25-7-10-30(11-8-25)56-39-22-29(34(24-38(39)53-4)48-45(51)28-9-12-32(46)33(47)18-28)19-36-42-27(14-16-50(36)2)21-41(54-5)43(55-6)44(42)57-40/h7-12,18,20-24,35-36H,13-17,19H2,1-6H3,(H,48,51)/t35-,36-/m0/s1. The minimum atomic E-state index is -0.355. The predicted molar refractivity (Wildman–Crippen MR) is 222 cm³/mol. The van der Waals surface area contributed by atoms with Gasteiger partial charge < -0.3 is 33.7 Å². The van der Waals surface area contributed by atoms with Crippen molar-refractivity contribution in [2.45, 2.75) is 37.8 Å². The first kappa shape index (κ1) is 38.7. The molecule has 0 aliphatic carbocycles. The van der Waals surface area contributed by atoms with Crippen molar-refractivity contribution in [1.82, 2.24) is 9.80 Å². The number of carbonyl (C=O) groups excluding carboxylic acids is 1. The van der Waals surface area contributed by atoms with E-state index in [1.54, 1.807) is 52.7 Å². The number of hydrogen-bond acceptors (Lipinski definition) is 9. The Morgan fingerprint density at radius 3 is 2.05 bits per heavy atom. The van der Waals surface area contributed by atoms with Crippen LogP contribution in [0.3, 0.4) is 0 Å². The lowest BCUT2D eigenvalue weighted by molar-refractivity contribution is 0.102. The van der Waals surface area contributed by atoms with E-state index in [4.69, 9.17) is 51.6 Å². The van der Waals surface area contributed by atoms with Gasteiger partial charge in [0, 0.05) is 48.1 Å². The van der Waals surface area contributed by atoms with Crippen molar-refractivity contribution in [2.24, 2.45) is 0 Å². The van der Waals surface area contributed by atoms with Crippen molar-refractivity contribution in [2.75, 3.05) is 60.9 Å². The Morgan fingerprint density at radius 2 is 1.35 bits per heavy atom. The van der Waals surface area contributed by atoms with Gasteiger partial charge in [-0.05, 0) is 122 Å².